The van der Waals surface area contributed by atoms with Crippen molar-refractivity contribution in [3.05, 3.63) is 29.3 Å². The van der Waals surface area contributed by atoms with Gasteiger partial charge in [0.05, 0.1) is 12.1 Å². The second kappa shape index (κ2) is 5.37. The minimum Gasteiger partial charge on any atom is -0.378 e. The standard InChI is InChI=1S/C13H19N3O2/c1-8-5-9(3-4-10(8)13(14)17)16-11-6-15-7-12(11)18-2/h3-5,11-12,15-16H,6-7H2,1-2H3,(H2,14,17)/t11?,12-/m0/s1. The average Bonchev–Trinajstić information content (AvgIpc) is 2.76. The van der Waals surface area contributed by atoms with Crippen LogP contribution < -0.4 is 16.4 Å². The van der Waals surface area contributed by atoms with E-state index in [4.69, 9.17) is 10.5 Å². The van der Waals surface area contributed by atoms with Crippen LogP contribution in [0.5, 0.6) is 0 Å². The quantitative estimate of drug-likeness (QED) is 0.726. The molecule has 5 heteroatoms. The topological polar surface area (TPSA) is 76.4 Å². The number of nitrogens with two attached hydrogens (primary N) is 1. The molecule has 0 radical (unpaired) electrons. The summed E-state index contributed by atoms with van der Waals surface area (Å²) in [6.45, 7) is 3.60. The van der Waals surface area contributed by atoms with Crippen LogP contribution in [0.15, 0.2) is 18.2 Å². The number of rotatable bonds is 4. The van der Waals surface area contributed by atoms with Crippen LogP contribution in [0.2, 0.25) is 0 Å². The van der Waals surface area contributed by atoms with E-state index < -0.39 is 5.91 Å². The summed E-state index contributed by atoms with van der Waals surface area (Å²) in [6, 6.07) is 5.81. The molecule has 4 N–H and O–H groups in total. The smallest absolute Gasteiger partial charge is 0.248 e. The molecule has 0 saturated carbocycles. The Morgan fingerprint density at radius 3 is 2.89 bits per heavy atom. The summed E-state index contributed by atoms with van der Waals surface area (Å²) in [5.41, 5.74) is 7.71. The summed E-state index contributed by atoms with van der Waals surface area (Å²) in [5, 5.41) is 6.69. The number of carbonyl (C=O) groups excluding carboxylic acids is 1. The predicted molar refractivity (Wildman–Crippen MR) is 70.8 cm³/mol. The predicted octanol–water partition coefficient (Wildman–Crippen LogP) is 0.493. The van der Waals surface area contributed by atoms with Crippen molar-refractivity contribution in [2.24, 2.45) is 5.73 Å². The Labute approximate surface area is 107 Å². The van der Waals surface area contributed by atoms with Gasteiger partial charge < -0.3 is 21.1 Å². The van der Waals surface area contributed by atoms with Crippen LogP contribution in [-0.2, 0) is 4.74 Å². The monoisotopic (exact) mass is 249 g/mol. The minimum atomic E-state index is -0.392. The van der Waals surface area contributed by atoms with Gasteiger partial charge in [-0.2, -0.15) is 0 Å². The van der Waals surface area contributed by atoms with Crippen molar-refractivity contribution in [3.63, 3.8) is 0 Å². The molecule has 0 spiro atoms. The van der Waals surface area contributed by atoms with E-state index in [2.05, 4.69) is 10.6 Å². The van der Waals surface area contributed by atoms with Crippen LogP contribution in [0.4, 0.5) is 5.69 Å². The van der Waals surface area contributed by atoms with Gasteiger partial charge in [0.15, 0.2) is 0 Å². The molecule has 1 amide bonds. The lowest BCUT2D eigenvalue weighted by Crippen LogP contribution is -2.33. The molecule has 2 atom stereocenters. The fraction of sp³-hybridized carbons (Fsp3) is 0.462. The summed E-state index contributed by atoms with van der Waals surface area (Å²) in [6.07, 6.45) is 0.168. The van der Waals surface area contributed by atoms with E-state index in [1.54, 1.807) is 13.2 Å². The summed E-state index contributed by atoms with van der Waals surface area (Å²) in [4.78, 5) is 11.1. The molecule has 1 aromatic rings. The molecule has 1 saturated heterocycles. The van der Waals surface area contributed by atoms with Crippen LogP contribution in [0.1, 0.15) is 15.9 Å². The largest absolute Gasteiger partial charge is 0.378 e. The van der Waals surface area contributed by atoms with Gasteiger partial charge in [-0.25, -0.2) is 0 Å². The lowest BCUT2D eigenvalue weighted by atomic mass is 10.1. The van der Waals surface area contributed by atoms with E-state index in [1.807, 2.05) is 19.1 Å². The number of anilines is 1. The molecule has 0 aliphatic carbocycles. The summed E-state index contributed by atoms with van der Waals surface area (Å²) < 4.78 is 5.39. The molecule has 0 aromatic heterocycles. The number of benzene rings is 1. The molecule has 18 heavy (non-hydrogen) atoms. The highest BCUT2D eigenvalue weighted by atomic mass is 16.5. The van der Waals surface area contributed by atoms with Crippen molar-refractivity contribution < 1.29 is 9.53 Å². The Hall–Kier alpha value is -1.59. The number of aryl methyl sites for hydroxylation is 1. The first-order chi connectivity index (χ1) is 8.61. The maximum atomic E-state index is 11.1. The number of primary amides is 1. The highest BCUT2D eigenvalue weighted by molar-refractivity contribution is 5.94. The molecular weight excluding hydrogens is 230 g/mol. The summed E-state index contributed by atoms with van der Waals surface area (Å²) in [7, 11) is 1.72. The molecule has 1 fully saturated rings. The van der Waals surface area contributed by atoms with E-state index in [0.29, 0.717) is 5.56 Å². The zero-order valence-corrected chi connectivity index (χ0v) is 10.7. The van der Waals surface area contributed by atoms with Gasteiger partial charge in [0.2, 0.25) is 5.91 Å². The first kappa shape index (κ1) is 12.9. The first-order valence-electron chi connectivity index (χ1n) is 6.02. The van der Waals surface area contributed by atoms with Crippen LogP contribution in [0.3, 0.4) is 0 Å². The Morgan fingerprint density at radius 1 is 1.50 bits per heavy atom. The number of amides is 1. The van der Waals surface area contributed by atoms with Gasteiger partial charge >= 0.3 is 0 Å². The molecule has 98 valence electrons. The molecule has 1 aliphatic heterocycles. The Balaban J connectivity index is 2.10. The zero-order valence-electron chi connectivity index (χ0n) is 10.7. The number of carbonyl (C=O) groups is 1. The minimum absolute atomic E-state index is 0.168. The molecule has 0 bridgehead atoms. The Morgan fingerprint density at radius 2 is 2.28 bits per heavy atom. The fourth-order valence-corrected chi connectivity index (χ4v) is 2.29. The number of hydrogen-bond acceptors (Lipinski definition) is 4. The van der Waals surface area contributed by atoms with E-state index >= 15 is 0 Å². The Kier molecular flexibility index (Phi) is 3.84. The normalized spacial score (nSPS) is 23.0. The average molecular weight is 249 g/mol. The number of nitrogens with one attached hydrogen (secondary N) is 2. The summed E-state index contributed by atoms with van der Waals surface area (Å²) >= 11 is 0. The van der Waals surface area contributed by atoms with Gasteiger partial charge in [0.1, 0.15) is 0 Å². The van der Waals surface area contributed by atoms with Crippen molar-refractivity contribution in [2.45, 2.75) is 19.1 Å². The van der Waals surface area contributed by atoms with Gasteiger partial charge in [-0.3, -0.25) is 4.79 Å². The molecule has 5 nitrogen and oxygen atoms in total. The van der Waals surface area contributed by atoms with Gasteiger partial charge in [-0.1, -0.05) is 0 Å². The van der Waals surface area contributed by atoms with Crippen molar-refractivity contribution >= 4 is 11.6 Å². The van der Waals surface area contributed by atoms with E-state index in [0.717, 1.165) is 24.3 Å². The third-order valence-electron chi connectivity index (χ3n) is 3.31. The van der Waals surface area contributed by atoms with Gasteiger partial charge in [-0.15, -0.1) is 0 Å². The Bertz CT molecular complexity index is 448. The first-order valence-corrected chi connectivity index (χ1v) is 6.02. The van der Waals surface area contributed by atoms with Gasteiger partial charge in [0.25, 0.3) is 0 Å². The van der Waals surface area contributed by atoms with Crippen LogP contribution in [0.25, 0.3) is 0 Å². The molecule has 1 heterocycles. The lowest BCUT2D eigenvalue weighted by Gasteiger charge is -2.20. The number of ether oxygens (including phenoxy) is 1. The molecule has 1 unspecified atom stereocenters. The van der Waals surface area contributed by atoms with Crippen LogP contribution in [-0.4, -0.2) is 38.3 Å². The fourth-order valence-electron chi connectivity index (χ4n) is 2.29. The van der Waals surface area contributed by atoms with Crippen molar-refractivity contribution in [1.29, 1.82) is 0 Å². The summed E-state index contributed by atoms with van der Waals surface area (Å²) in [5.74, 6) is -0.392. The highest BCUT2D eigenvalue weighted by Crippen LogP contribution is 2.18. The van der Waals surface area contributed by atoms with Crippen LogP contribution >= 0.6 is 0 Å². The zero-order chi connectivity index (χ0) is 13.1. The maximum absolute atomic E-state index is 11.1. The van der Waals surface area contributed by atoms with E-state index in [9.17, 15) is 4.79 Å². The maximum Gasteiger partial charge on any atom is 0.248 e. The van der Waals surface area contributed by atoms with Crippen molar-refractivity contribution in [3.8, 4) is 0 Å². The van der Waals surface area contributed by atoms with Gasteiger partial charge in [-0.05, 0) is 30.7 Å². The second-order valence-corrected chi connectivity index (χ2v) is 4.58. The highest BCUT2D eigenvalue weighted by Gasteiger charge is 2.26. The van der Waals surface area contributed by atoms with Crippen molar-refractivity contribution in [1.82, 2.24) is 5.32 Å². The molecule has 1 aliphatic rings. The van der Waals surface area contributed by atoms with E-state index in [-0.39, 0.29) is 12.1 Å². The van der Waals surface area contributed by atoms with Gasteiger partial charge in [0, 0.05) is 31.5 Å². The third kappa shape index (κ3) is 2.63. The third-order valence-corrected chi connectivity index (χ3v) is 3.31. The molecule has 1 aromatic carbocycles. The number of methoxy groups -OCH3 is 1. The lowest BCUT2D eigenvalue weighted by molar-refractivity contribution is 0.0999. The van der Waals surface area contributed by atoms with E-state index in [1.165, 1.54) is 0 Å². The molecular formula is C13H19N3O2. The van der Waals surface area contributed by atoms with Crippen molar-refractivity contribution in [2.75, 3.05) is 25.5 Å². The second-order valence-electron chi connectivity index (χ2n) is 4.58. The molecule has 2 rings (SSSR count). The SMILES string of the molecule is CO[C@H]1CNCC1Nc1ccc(C(N)=O)c(C)c1. The van der Waals surface area contributed by atoms with Crippen LogP contribution in [0, 0.1) is 6.92 Å². The number of hydrogen-bond donors (Lipinski definition) is 3.